The van der Waals surface area contributed by atoms with E-state index in [0.29, 0.717) is 11.6 Å². The number of ether oxygens (including phenoxy) is 1. The highest BCUT2D eigenvalue weighted by Gasteiger charge is 2.33. The molecule has 0 radical (unpaired) electrons. The van der Waals surface area contributed by atoms with E-state index in [9.17, 15) is 9.50 Å². The Morgan fingerprint density at radius 2 is 2.03 bits per heavy atom. The van der Waals surface area contributed by atoms with E-state index >= 15 is 0 Å². The molecule has 32 heavy (non-hydrogen) atoms. The lowest BCUT2D eigenvalue weighted by Crippen LogP contribution is -2.35. The molecule has 0 saturated carbocycles. The number of nitrogens with one attached hydrogen (secondary N) is 2. The van der Waals surface area contributed by atoms with Crippen molar-refractivity contribution in [3.8, 4) is 5.75 Å². The fourth-order valence-electron chi connectivity index (χ4n) is 4.21. The highest BCUT2D eigenvalue weighted by Crippen LogP contribution is 2.39. The van der Waals surface area contributed by atoms with Crippen molar-refractivity contribution >= 4 is 50.8 Å². The molecule has 2 unspecified atom stereocenters. The maximum atomic E-state index is 13.5. The van der Waals surface area contributed by atoms with Crippen molar-refractivity contribution in [1.29, 1.82) is 0 Å². The normalized spacial score (nSPS) is 21.8. The Hall–Kier alpha value is -2.24. The van der Waals surface area contributed by atoms with Crippen LogP contribution in [0.1, 0.15) is 19.3 Å². The van der Waals surface area contributed by atoms with E-state index in [2.05, 4.69) is 48.1 Å². The van der Waals surface area contributed by atoms with E-state index in [4.69, 9.17) is 4.74 Å². The van der Waals surface area contributed by atoms with Crippen LogP contribution >= 0.6 is 22.6 Å². The Morgan fingerprint density at radius 3 is 2.78 bits per heavy atom. The van der Waals surface area contributed by atoms with Crippen LogP contribution in [-0.4, -0.2) is 51.0 Å². The molecular weight excluding hydrogens is 524 g/mol. The van der Waals surface area contributed by atoms with Gasteiger partial charge < -0.3 is 25.4 Å². The second kappa shape index (κ2) is 9.32. The first kappa shape index (κ1) is 21.6. The summed E-state index contributed by atoms with van der Waals surface area (Å²) in [6.07, 6.45) is 4.15. The topological polar surface area (TPSA) is 82.5 Å². The minimum absolute atomic E-state index is 0.0183. The lowest BCUT2D eigenvalue weighted by Gasteiger charge is -2.29. The smallest absolute Gasteiger partial charge is 0.227 e. The molecule has 3 heterocycles. The van der Waals surface area contributed by atoms with Crippen molar-refractivity contribution in [2.75, 3.05) is 29.9 Å². The van der Waals surface area contributed by atoms with Crippen molar-refractivity contribution < 1.29 is 14.2 Å². The number of anilines is 3. The zero-order valence-corrected chi connectivity index (χ0v) is 19.6. The van der Waals surface area contributed by atoms with Gasteiger partial charge in [0.1, 0.15) is 21.7 Å². The van der Waals surface area contributed by atoms with Gasteiger partial charge in [-0.15, -0.1) is 0 Å². The van der Waals surface area contributed by atoms with Gasteiger partial charge in [0.15, 0.2) is 0 Å². The number of aliphatic hydroxyl groups is 1. The molecule has 0 bridgehead atoms. The number of nitrogens with zero attached hydrogens (tertiary/aromatic N) is 3. The molecule has 3 aromatic rings. The van der Waals surface area contributed by atoms with Crippen LogP contribution in [0.5, 0.6) is 5.75 Å². The predicted octanol–water partition coefficient (Wildman–Crippen LogP) is 3.98. The van der Waals surface area contributed by atoms with Crippen molar-refractivity contribution in [2.45, 2.75) is 35.5 Å². The molecule has 2 aliphatic heterocycles. The molecule has 2 aromatic carbocycles. The van der Waals surface area contributed by atoms with Crippen molar-refractivity contribution in [3.05, 3.63) is 48.4 Å². The molecule has 2 atom stereocenters. The summed E-state index contributed by atoms with van der Waals surface area (Å²) in [6, 6.07) is 10.2. The van der Waals surface area contributed by atoms with Crippen LogP contribution in [0.2, 0.25) is 0 Å². The molecule has 2 aliphatic rings. The molecule has 1 aromatic heterocycles. The van der Waals surface area contributed by atoms with Crippen LogP contribution < -0.4 is 20.3 Å². The molecule has 0 aliphatic carbocycles. The fraction of sp³-hybridized carbons (Fsp3) is 0.391. The zero-order chi connectivity index (χ0) is 22.1. The minimum Gasteiger partial charge on any atom is -0.488 e. The quantitative estimate of drug-likeness (QED) is 0.253. The lowest BCUT2D eigenvalue weighted by molar-refractivity contribution is 0.163. The molecule has 2 saturated heterocycles. The van der Waals surface area contributed by atoms with Crippen LogP contribution in [0.15, 0.2) is 42.6 Å². The average Bonchev–Trinajstić information content (AvgIpc) is 3.12. The summed E-state index contributed by atoms with van der Waals surface area (Å²) in [7, 11) is 0. The number of rotatable bonds is 5. The van der Waals surface area contributed by atoms with Gasteiger partial charge in [0.25, 0.3) is 0 Å². The molecule has 7 nitrogen and oxygen atoms in total. The minimum atomic E-state index is -0.368. The molecule has 168 valence electrons. The number of benzene rings is 2. The Bertz CT molecular complexity index is 1110. The fourth-order valence-corrected chi connectivity index (χ4v) is 5.15. The number of aromatic nitrogens is 2. The molecule has 2 fully saturated rings. The summed E-state index contributed by atoms with van der Waals surface area (Å²) < 4.78 is 20.0. The average molecular weight is 549 g/mol. The summed E-state index contributed by atoms with van der Waals surface area (Å²) in [5.41, 5.74) is 2.30. The standard InChI is InChI=1S/C23H25FIN5O2/c24-15-2-1-3-16(11-15)28-23-27-13-14-10-19(30-9-6-20(31)22(30)25)21(12-18(14)29-23)32-17-4-7-26-8-5-17/h1-3,10-13,17,20,22,26,31H,4-9H2,(H,27,28,29). The van der Waals surface area contributed by atoms with Crippen molar-refractivity contribution in [3.63, 3.8) is 0 Å². The third-order valence-corrected chi connectivity index (χ3v) is 7.41. The number of alkyl halides is 1. The maximum absolute atomic E-state index is 13.5. The number of piperidine rings is 1. The number of halogens is 2. The Kier molecular flexibility index (Phi) is 6.29. The van der Waals surface area contributed by atoms with E-state index in [0.717, 1.165) is 61.2 Å². The first-order chi connectivity index (χ1) is 15.6. The largest absolute Gasteiger partial charge is 0.488 e. The van der Waals surface area contributed by atoms with Gasteiger partial charge in [0, 0.05) is 29.9 Å². The van der Waals surface area contributed by atoms with Crippen LogP contribution in [0, 0.1) is 5.82 Å². The van der Waals surface area contributed by atoms with Gasteiger partial charge in [-0.25, -0.2) is 14.4 Å². The second-order valence-corrected chi connectivity index (χ2v) is 9.47. The Morgan fingerprint density at radius 1 is 1.19 bits per heavy atom. The molecule has 5 rings (SSSR count). The summed E-state index contributed by atoms with van der Waals surface area (Å²) in [4.78, 5) is 11.3. The van der Waals surface area contributed by atoms with Gasteiger partial charge in [0.05, 0.1) is 17.3 Å². The number of fused-ring (bicyclic) bond motifs is 1. The molecule has 0 spiro atoms. The third kappa shape index (κ3) is 4.60. The maximum Gasteiger partial charge on any atom is 0.227 e. The van der Waals surface area contributed by atoms with Crippen molar-refractivity contribution in [2.24, 2.45) is 0 Å². The van der Waals surface area contributed by atoms with E-state index in [-0.39, 0.29) is 22.1 Å². The summed E-state index contributed by atoms with van der Waals surface area (Å²) in [5.74, 6) is 0.849. The van der Waals surface area contributed by atoms with E-state index in [1.165, 1.54) is 12.1 Å². The van der Waals surface area contributed by atoms with E-state index in [1.807, 2.05) is 12.1 Å². The molecule has 9 heteroatoms. The molecule has 3 N–H and O–H groups in total. The number of hydrogen-bond acceptors (Lipinski definition) is 7. The summed E-state index contributed by atoms with van der Waals surface area (Å²) >= 11 is 2.29. The summed E-state index contributed by atoms with van der Waals surface area (Å²) in [6.45, 7) is 2.65. The van der Waals surface area contributed by atoms with Crippen molar-refractivity contribution in [1.82, 2.24) is 15.3 Å². The van der Waals surface area contributed by atoms with Gasteiger partial charge in [0.2, 0.25) is 5.95 Å². The highest BCUT2D eigenvalue weighted by molar-refractivity contribution is 14.1. The molecular formula is C23H25FIN5O2. The number of aliphatic hydroxyl groups excluding tert-OH is 1. The van der Waals surface area contributed by atoms with Gasteiger partial charge in [-0.2, -0.15) is 0 Å². The van der Waals surface area contributed by atoms with Gasteiger partial charge in [-0.05, 0) is 56.6 Å². The lowest BCUT2D eigenvalue weighted by atomic mass is 10.1. The monoisotopic (exact) mass is 549 g/mol. The molecule has 0 amide bonds. The highest BCUT2D eigenvalue weighted by atomic mass is 127. The zero-order valence-electron chi connectivity index (χ0n) is 17.5. The first-order valence-electron chi connectivity index (χ1n) is 10.9. The van der Waals surface area contributed by atoms with Crippen LogP contribution in [-0.2, 0) is 0 Å². The third-order valence-electron chi connectivity index (χ3n) is 5.91. The van der Waals surface area contributed by atoms with Gasteiger partial charge in [-0.3, -0.25) is 0 Å². The van der Waals surface area contributed by atoms with Crippen LogP contribution in [0.3, 0.4) is 0 Å². The Balaban J connectivity index is 1.50. The van der Waals surface area contributed by atoms with E-state index in [1.54, 1.807) is 18.3 Å². The van der Waals surface area contributed by atoms with Gasteiger partial charge >= 0.3 is 0 Å². The van der Waals surface area contributed by atoms with Crippen LogP contribution in [0.25, 0.3) is 10.9 Å². The SMILES string of the molecule is OC1CCN(c2cc3cnc(Nc4cccc(F)c4)nc3cc2OC2CCNCC2)C1I. The summed E-state index contributed by atoms with van der Waals surface area (Å²) in [5, 5.41) is 17.6. The predicted molar refractivity (Wildman–Crippen MR) is 132 cm³/mol. The number of hydrogen-bond donors (Lipinski definition) is 3. The van der Waals surface area contributed by atoms with E-state index < -0.39 is 0 Å². The first-order valence-corrected chi connectivity index (χ1v) is 12.1. The van der Waals surface area contributed by atoms with Crippen LogP contribution in [0.4, 0.5) is 21.7 Å². The second-order valence-electron chi connectivity index (χ2n) is 8.20. The van der Waals surface area contributed by atoms with Gasteiger partial charge in [-0.1, -0.05) is 28.7 Å². The Labute approximate surface area is 199 Å².